The highest BCUT2D eigenvalue weighted by Crippen LogP contribution is 2.28. The van der Waals surface area contributed by atoms with Crippen LogP contribution >= 0.6 is 30.3 Å². The molecule has 0 radical (unpaired) electrons. The standard InChI is InChI=1S/C10H10INOS/c1-7-2-3-10-8(9(7)6-13)4-5-12(10)14-11/h2-5,13H,6H2,1H3. The molecule has 0 aliphatic heterocycles. The molecule has 0 aliphatic rings. The molecule has 0 unspecified atom stereocenters. The topological polar surface area (TPSA) is 25.2 Å². The van der Waals surface area contributed by atoms with Gasteiger partial charge in [-0.1, -0.05) is 6.07 Å². The maximum absolute atomic E-state index is 9.28. The summed E-state index contributed by atoms with van der Waals surface area (Å²) >= 11 is 2.25. The number of aliphatic hydroxyl groups is 1. The third-order valence-corrected chi connectivity index (χ3v) is 4.15. The van der Waals surface area contributed by atoms with Gasteiger partial charge in [0.25, 0.3) is 0 Å². The van der Waals surface area contributed by atoms with Gasteiger partial charge in [0.15, 0.2) is 0 Å². The second-order valence-corrected chi connectivity index (χ2v) is 4.88. The first-order valence-corrected chi connectivity index (χ1v) is 7.59. The second-order valence-electron chi connectivity index (χ2n) is 3.16. The van der Waals surface area contributed by atoms with Crippen molar-refractivity contribution in [1.29, 1.82) is 0 Å². The summed E-state index contributed by atoms with van der Waals surface area (Å²) in [6.07, 6.45) is 2.03. The number of halogens is 1. The summed E-state index contributed by atoms with van der Waals surface area (Å²) in [4.78, 5) is 0. The van der Waals surface area contributed by atoms with Gasteiger partial charge in [0.2, 0.25) is 0 Å². The Labute approximate surface area is 99.0 Å². The maximum Gasteiger partial charge on any atom is 0.0691 e. The van der Waals surface area contributed by atoms with Gasteiger partial charge in [-0.3, -0.25) is 3.97 Å². The Bertz CT molecular complexity index is 466. The molecule has 0 bridgehead atoms. The molecule has 1 heterocycles. The first kappa shape index (κ1) is 10.3. The van der Waals surface area contributed by atoms with Crippen molar-refractivity contribution in [3.63, 3.8) is 0 Å². The van der Waals surface area contributed by atoms with E-state index in [0.717, 1.165) is 16.5 Å². The Morgan fingerprint density at radius 1 is 1.43 bits per heavy atom. The molecule has 0 aliphatic carbocycles. The second kappa shape index (κ2) is 4.12. The zero-order chi connectivity index (χ0) is 10.1. The van der Waals surface area contributed by atoms with E-state index in [1.807, 2.05) is 13.1 Å². The number of aryl methyl sites for hydroxylation is 1. The molecular formula is C10H10INOS. The van der Waals surface area contributed by atoms with Gasteiger partial charge in [-0.15, -0.1) is 0 Å². The third kappa shape index (κ3) is 1.55. The van der Waals surface area contributed by atoms with Gasteiger partial charge in [-0.25, -0.2) is 0 Å². The third-order valence-electron chi connectivity index (χ3n) is 2.41. The van der Waals surface area contributed by atoms with Crippen LogP contribution in [0.5, 0.6) is 0 Å². The highest BCUT2D eigenvalue weighted by molar-refractivity contribution is 14.2. The van der Waals surface area contributed by atoms with Crippen molar-refractivity contribution < 1.29 is 5.11 Å². The number of hydrogen-bond acceptors (Lipinski definition) is 2. The van der Waals surface area contributed by atoms with Crippen LogP contribution in [0, 0.1) is 6.92 Å². The van der Waals surface area contributed by atoms with Crippen molar-refractivity contribution >= 4 is 41.2 Å². The van der Waals surface area contributed by atoms with Crippen LogP contribution in [0.3, 0.4) is 0 Å². The van der Waals surface area contributed by atoms with Crippen LogP contribution in [0.2, 0.25) is 0 Å². The summed E-state index contributed by atoms with van der Waals surface area (Å²) < 4.78 is 2.09. The molecule has 0 fully saturated rings. The predicted molar refractivity (Wildman–Crippen MR) is 69.6 cm³/mol. The summed E-state index contributed by atoms with van der Waals surface area (Å²) in [5, 5.41) is 10.4. The SMILES string of the molecule is Cc1ccc2c(ccn2SI)c1CO. The molecule has 0 amide bonds. The van der Waals surface area contributed by atoms with Gasteiger partial charge in [0.05, 0.1) is 12.1 Å². The number of rotatable bonds is 2. The Morgan fingerprint density at radius 3 is 2.86 bits per heavy atom. The van der Waals surface area contributed by atoms with E-state index < -0.39 is 0 Å². The van der Waals surface area contributed by atoms with Gasteiger partial charge >= 0.3 is 0 Å². The molecule has 2 aromatic rings. The van der Waals surface area contributed by atoms with Gasteiger partial charge < -0.3 is 5.11 Å². The number of nitrogens with zero attached hydrogens (tertiary/aromatic N) is 1. The van der Waals surface area contributed by atoms with E-state index in [9.17, 15) is 5.11 Å². The molecule has 1 aromatic carbocycles. The monoisotopic (exact) mass is 319 g/mol. The minimum atomic E-state index is 0.110. The summed E-state index contributed by atoms with van der Waals surface area (Å²) in [6.45, 7) is 2.14. The van der Waals surface area contributed by atoms with Crippen molar-refractivity contribution in [1.82, 2.24) is 3.97 Å². The number of fused-ring (bicyclic) bond motifs is 1. The Hall–Kier alpha value is -0.200. The molecule has 0 spiro atoms. The summed E-state index contributed by atoms with van der Waals surface area (Å²) in [7, 11) is 1.64. The van der Waals surface area contributed by atoms with Crippen molar-refractivity contribution in [3.8, 4) is 0 Å². The molecule has 0 atom stereocenters. The smallest absolute Gasteiger partial charge is 0.0691 e. The molecular weight excluding hydrogens is 309 g/mol. The van der Waals surface area contributed by atoms with E-state index in [1.165, 1.54) is 5.52 Å². The fourth-order valence-electron chi connectivity index (χ4n) is 1.63. The Kier molecular flexibility index (Phi) is 3.04. The molecule has 0 saturated heterocycles. The van der Waals surface area contributed by atoms with Crippen molar-refractivity contribution in [2.24, 2.45) is 0 Å². The minimum absolute atomic E-state index is 0.110. The molecule has 1 aromatic heterocycles. The van der Waals surface area contributed by atoms with Gasteiger partial charge in [-0.05, 0) is 30.2 Å². The van der Waals surface area contributed by atoms with Gasteiger partial charge in [0.1, 0.15) is 0 Å². The highest BCUT2D eigenvalue weighted by atomic mass is 127. The van der Waals surface area contributed by atoms with Crippen LogP contribution in [0.15, 0.2) is 24.4 Å². The minimum Gasteiger partial charge on any atom is -0.392 e. The largest absolute Gasteiger partial charge is 0.392 e. The lowest BCUT2D eigenvalue weighted by Gasteiger charge is -2.05. The van der Waals surface area contributed by atoms with Crippen LogP contribution in [-0.4, -0.2) is 9.08 Å². The first-order chi connectivity index (χ1) is 6.77. The number of benzene rings is 1. The number of hydrogen-bond donors (Lipinski definition) is 1. The normalized spacial score (nSPS) is 11.1. The van der Waals surface area contributed by atoms with E-state index in [4.69, 9.17) is 0 Å². The van der Waals surface area contributed by atoms with Crippen molar-refractivity contribution in [2.45, 2.75) is 13.5 Å². The van der Waals surface area contributed by atoms with E-state index in [-0.39, 0.29) is 6.61 Å². The lowest BCUT2D eigenvalue weighted by Crippen LogP contribution is -1.90. The quantitative estimate of drug-likeness (QED) is 0.860. The lowest BCUT2D eigenvalue weighted by atomic mass is 10.1. The fourth-order valence-corrected chi connectivity index (χ4v) is 3.00. The molecule has 4 heteroatoms. The van der Waals surface area contributed by atoms with Crippen LogP contribution in [-0.2, 0) is 6.61 Å². The first-order valence-electron chi connectivity index (χ1n) is 4.27. The van der Waals surface area contributed by atoms with Gasteiger partial charge in [0, 0.05) is 41.9 Å². The number of aliphatic hydroxyl groups excluding tert-OH is 1. The van der Waals surface area contributed by atoms with Crippen LogP contribution < -0.4 is 0 Å². The Morgan fingerprint density at radius 2 is 2.21 bits per heavy atom. The lowest BCUT2D eigenvalue weighted by molar-refractivity contribution is 0.282. The summed E-state index contributed by atoms with van der Waals surface area (Å²) in [6, 6.07) is 6.20. The highest BCUT2D eigenvalue weighted by Gasteiger charge is 2.07. The summed E-state index contributed by atoms with van der Waals surface area (Å²) in [5.41, 5.74) is 3.35. The van der Waals surface area contributed by atoms with Crippen molar-refractivity contribution in [3.05, 3.63) is 35.5 Å². The van der Waals surface area contributed by atoms with Crippen molar-refractivity contribution in [2.75, 3.05) is 0 Å². The average molecular weight is 319 g/mol. The predicted octanol–water partition coefficient (Wildman–Crippen LogP) is 3.29. The molecule has 74 valence electrons. The fraction of sp³-hybridized carbons (Fsp3) is 0.200. The number of aromatic nitrogens is 1. The Balaban J connectivity index is 2.76. The molecule has 0 saturated carbocycles. The molecule has 1 N–H and O–H groups in total. The van der Waals surface area contributed by atoms with Gasteiger partial charge in [-0.2, -0.15) is 0 Å². The molecule has 2 nitrogen and oxygen atoms in total. The average Bonchev–Trinajstić information content (AvgIpc) is 2.60. The van der Waals surface area contributed by atoms with E-state index in [1.54, 1.807) is 9.12 Å². The van der Waals surface area contributed by atoms with Crippen LogP contribution in [0.25, 0.3) is 10.9 Å². The maximum atomic E-state index is 9.28. The van der Waals surface area contributed by atoms with E-state index in [2.05, 4.69) is 43.4 Å². The van der Waals surface area contributed by atoms with E-state index in [0.29, 0.717) is 0 Å². The van der Waals surface area contributed by atoms with Crippen LogP contribution in [0.1, 0.15) is 11.1 Å². The molecule has 14 heavy (non-hydrogen) atoms. The summed E-state index contributed by atoms with van der Waals surface area (Å²) in [5.74, 6) is 0. The zero-order valence-electron chi connectivity index (χ0n) is 7.70. The van der Waals surface area contributed by atoms with Crippen LogP contribution in [0.4, 0.5) is 0 Å². The molecule has 2 rings (SSSR count). The van der Waals surface area contributed by atoms with E-state index >= 15 is 0 Å². The zero-order valence-corrected chi connectivity index (χ0v) is 10.7.